The fourth-order valence-electron chi connectivity index (χ4n) is 3.20. The van der Waals surface area contributed by atoms with E-state index in [4.69, 9.17) is 4.74 Å². The zero-order chi connectivity index (χ0) is 16.8. The summed E-state index contributed by atoms with van der Waals surface area (Å²) in [6.45, 7) is 3.29. The second kappa shape index (κ2) is 8.29. The molecule has 0 radical (unpaired) electrons. The van der Waals surface area contributed by atoms with Crippen LogP contribution in [0.1, 0.15) is 37.7 Å². The standard InChI is InChI=1S/C19H26N2O3/c22-18-9-5-2-6-11-20(18)12-10-19(23)21-13-17(14-21)24-15-16-7-3-1-4-8-16/h1,3-4,7-8,17H,2,5-6,9-15H2. The van der Waals surface area contributed by atoms with Crippen molar-refractivity contribution in [2.75, 3.05) is 26.2 Å². The number of rotatable bonds is 6. The van der Waals surface area contributed by atoms with E-state index in [2.05, 4.69) is 0 Å². The molecule has 2 amide bonds. The molecule has 24 heavy (non-hydrogen) atoms. The SMILES string of the molecule is O=C1CCCCCN1CCC(=O)N1CC(OCc2ccccc2)C1. The molecule has 3 rings (SSSR count). The molecule has 2 saturated heterocycles. The summed E-state index contributed by atoms with van der Waals surface area (Å²) in [5, 5.41) is 0. The topological polar surface area (TPSA) is 49.9 Å². The molecule has 2 aliphatic rings. The molecule has 0 aromatic heterocycles. The van der Waals surface area contributed by atoms with Crippen LogP contribution in [0.4, 0.5) is 0 Å². The zero-order valence-electron chi connectivity index (χ0n) is 14.2. The van der Waals surface area contributed by atoms with Crippen molar-refractivity contribution in [2.45, 2.75) is 44.8 Å². The lowest BCUT2D eigenvalue weighted by Crippen LogP contribution is -2.55. The molecular weight excluding hydrogens is 304 g/mol. The van der Waals surface area contributed by atoms with E-state index in [-0.39, 0.29) is 17.9 Å². The molecule has 2 fully saturated rings. The molecule has 5 nitrogen and oxygen atoms in total. The minimum absolute atomic E-state index is 0.131. The number of benzene rings is 1. The van der Waals surface area contributed by atoms with Gasteiger partial charge >= 0.3 is 0 Å². The van der Waals surface area contributed by atoms with Gasteiger partial charge in [0.05, 0.1) is 12.7 Å². The Balaban J connectivity index is 1.33. The van der Waals surface area contributed by atoms with Crippen LogP contribution in [-0.2, 0) is 20.9 Å². The highest BCUT2D eigenvalue weighted by molar-refractivity contribution is 5.79. The first-order valence-corrected chi connectivity index (χ1v) is 8.93. The highest BCUT2D eigenvalue weighted by atomic mass is 16.5. The van der Waals surface area contributed by atoms with E-state index < -0.39 is 0 Å². The van der Waals surface area contributed by atoms with Crippen LogP contribution >= 0.6 is 0 Å². The summed E-state index contributed by atoms with van der Waals surface area (Å²) in [5.41, 5.74) is 1.15. The molecule has 0 bridgehead atoms. The van der Waals surface area contributed by atoms with Crippen LogP contribution in [0.15, 0.2) is 30.3 Å². The normalized spacial score (nSPS) is 19.1. The Hall–Kier alpha value is -1.88. The Morgan fingerprint density at radius 2 is 1.92 bits per heavy atom. The maximum atomic E-state index is 12.2. The molecule has 2 heterocycles. The smallest absolute Gasteiger partial charge is 0.224 e. The lowest BCUT2D eigenvalue weighted by Gasteiger charge is -2.39. The van der Waals surface area contributed by atoms with Gasteiger partial charge in [0.25, 0.3) is 0 Å². The molecule has 5 heteroatoms. The first-order chi connectivity index (χ1) is 11.7. The van der Waals surface area contributed by atoms with Crippen molar-refractivity contribution in [3.63, 3.8) is 0 Å². The largest absolute Gasteiger partial charge is 0.370 e. The number of carbonyl (C=O) groups is 2. The van der Waals surface area contributed by atoms with Crippen molar-refractivity contribution >= 4 is 11.8 Å². The molecular formula is C19H26N2O3. The van der Waals surface area contributed by atoms with Crippen LogP contribution in [0.2, 0.25) is 0 Å². The quantitative estimate of drug-likeness (QED) is 0.803. The molecule has 1 aromatic carbocycles. The van der Waals surface area contributed by atoms with Gasteiger partial charge in [-0.2, -0.15) is 0 Å². The first kappa shape index (κ1) is 17.0. The number of nitrogens with zero attached hydrogens (tertiary/aromatic N) is 2. The van der Waals surface area contributed by atoms with Crippen molar-refractivity contribution in [3.8, 4) is 0 Å². The van der Waals surface area contributed by atoms with Gasteiger partial charge in [-0.25, -0.2) is 0 Å². The monoisotopic (exact) mass is 330 g/mol. The predicted molar refractivity (Wildman–Crippen MR) is 91.3 cm³/mol. The minimum Gasteiger partial charge on any atom is -0.370 e. The average molecular weight is 330 g/mol. The molecule has 0 aliphatic carbocycles. The van der Waals surface area contributed by atoms with E-state index in [1.54, 1.807) is 0 Å². The van der Waals surface area contributed by atoms with Gasteiger partial charge in [0.2, 0.25) is 11.8 Å². The van der Waals surface area contributed by atoms with Crippen LogP contribution in [0.25, 0.3) is 0 Å². The van der Waals surface area contributed by atoms with Crippen molar-refractivity contribution in [1.82, 2.24) is 9.80 Å². The van der Waals surface area contributed by atoms with E-state index >= 15 is 0 Å². The van der Waals surface area contributed by atoms with Crippen molar-refractivity contribution in [3.05, 3.63) is 35.9 Å². The Labute approximate surface area is 143 Å². The molecule has 2 aliphatic heterocycles. The predicted octanol–water partition coefficient (Wildman–Crippen LogP) is 2.21. The number of likely N-dealkylation sites (tertiary alicyclic amines) is 2. The summed E-state index contributed by atoms with van der Waals surface area (Å²) >= 11 is 0. The van der Waals surface area contributed by atoms with E-state index in [1.807, 2.05) is 40.1 Å². The summed E-state index contributed by atoms with van der Waals surface area (Å²) in [6, 6.07) is 10.1. The van der Waals surface area contributed by atoms with E-state index in [9.17, 15) is 9.59 Å². The number of amides is 2. The van der Waals surface area contributed by atoms with E-state index in [0.717, 1.165) is 31.4 Å². The third kappa shape index (κ3) is 4.57. The third-order valence-corrected chi connectivity index (χ3v) is 4.80. The summed E-state index contributed by atoms with van der Waals surface area (Å²) in [5.74, 6) is 0.333. The van der Waals surface area contributed by atoms with Crippen molar-refractivity contribution in [1.29, 1.82) is 0 Å². The van der Waals surface area contributed by atoms with Crippen molar-refractivity contribution < 1.29 is 14.3 Å². The fourth-order valence-corrected chi connectivity index (χ4v) is 3.20. The van der Waals surface area contributed by atoms with E-state index in [0.29, 0.717) is 39.1 Å². The maximum absolute atomic E-state index is 12.2. The molecule has 0 atom stereocenters. The fraction of sp³-hybridized carbons (Fsp3) is 0.579. The molecule has 0 N–H and O–H groups in total. The Morgan fingerprint density at radius 1 is 1.12 bits per heavy atom. The average Bonchev–Trinajstić information content (AvgIpc) is 2.76. The molecule has 1 aromatic rings. The van der Waals surface area contributed by atoms with Gasteiger partial charge < -0.3 is 14.5 Å². The Bertz CT molecular complexity index is 555. The summed E-state index contributed by atoms with van der Waals surface area (Å²) in [4.78, 5) is 27.8. The summed E-state index contributed by atoms with van der Waals surface area (Å²) in [6.07, 6.45) is 4.34. The van der Waals surface area contributed by atoms with Gasteiger partial charge in [-0.1, -0.05) is 36.8 Å². The third-order valence-electron chi connectivity index (χ3n) is 4.80. The van der Waals surface area contributed by atoms with Gasteiger partial charge in [-0.05, 0) is 18.4 Å². The Morgan fingerprint density at radius 3 is 2.71 bits per heavy atom. The second-order valence-electron chi connectivity index (χ2n) is 6.66. The van der Waals surface area contributed by atoms with Crippen LogP contribution in [0, 0.1) is 0 Å². The molecule has 0 saturated carbocycles. The number of carbonyl (C=O) groups excluding carboxylic acids is 2. The van der Waals surface area contributed by atoms with Crippen LogP contribution in [-0.4, -0.2) is 53.9 Å². The second-order valence-corrected chi connectivity index (χ2v) is 6.66. The first-order valence-electron chi connectivity index (χ1n) is 8.93. The molecule has 0 unspecified atom stereocenters. The Kier molecular flexibility index (Phi) is 5.86. The highest BCUT2D eigenvalue weighted by Crippen LogP contribution is 2.16. The summed E-state index contributed by atoms with van der Waals surface area (Å²) < 4.78 is 5.81. The molecule has 130 valence electrons. The highest BCUT2D eigenvalue weighted by Gasteiger charge is 2.31. The maximum Gasteiger partial charge on any atom is 0.224 e. The van der Waals surface area contributed by atoms with Gasteiger partial charge in [0.15, 0.2) is 0 Å². The summed E-state index contributed by atoms with van der Waals surface area (Å²) in [7, 11) is 0. The minimum atomic E-state index is 0.131. The van der Waals surface area contributed by atoms with Crippen LogP contribution in [0.5, 0.6) is 0 Å². The van der Waals surface area contributed by atoms with Crippen LogP contribution < -0.4 is 0 Å². The number of hydrogen-bond acceptors (Lipinski definition) is 3. The number of ether oxygens (including phenoxy) is 1. The van der Waals surface area contributed by atoms with Gasteiger partial charge in [-0.3, -0.25) is 9.59 Å². The van der Waals surface area contributed by atoms with Crippen molar-refractivity contribution in [2.24, 2.45) is 0 Å². The zero-order valence-corrected chi connectivity index (χ0v) is 14.2. The van der Waals surface area contributed by atoms with E-state index in [1.165, 1.54) is 0 Å². The van der Waals surface area contributed by atoms with Gasteiger partial charge in [0.1, 0.15) is 0 Å². The molecule has 0 spiro atoms. The number of hydrogen-bond donors (Lipinski definition) is 0. The lowest BCUT2D eigenvalue weighted by atomic mass is 10.1. The van der Waals surface area contributed by atoms with Gasteiger partial charge in [-0.15, -0.1) is 0 Å². The van der Waals surface area contributed by atoms with Crippen LogP contribution in [0.3, 0.4) is 0 Å². The lowest BCUT2D eigenvalue weighted by molar-refractivity contribution is -0.146. The van der Waals surface area contributed by atoms with Gasteiger partial charge in [0, 0.05) is 39.0 Å².